The summed E-state index contributed by atoms with van der Waals surface area (Å²) in [5.74, 6) is 6.52. The summed E-state index contributed by atoms with van der Waals surface area (Å²) >= 11 is 3.43. The van der Waals surface area contributed by atoms with Crippen molar-refractivity contribution in [3.8, 4) is 0 Å². The molecule has 94 valence electrons. The number of anilines is 2. The number of nitrogens with two attached hydrogens (primary N) is 1. The lowest BCUT2D eigenvalue weighted by Crippen LogP contribution is -2.17. The number of hydrogen-bond donors (Lipinski definition) is 3. The third-order valence-electron chi connectivity index (χ3n) is 3.24. The lowest BCUT2D eigenvalue weighted by atomic mass is 10.0. The van der Waals surface area contributed by atoms with Crippen LogP contribution in [0, 0.1) is 5.41 Å². The van der Waals surface area contributed by atoms with Crippen LogP contribution in [0.1, 0.15) is 32.6 Å². The van der Waals surface area contributed by atoms with Crippen LogP contribution in [0.3, 0.4) is 0 Å². The van der Waals surface area contributed by atoms with Crippen LogP contribution in [-0.4, -0.2) is 16.5 Å². The van der Waals surface area contributed by atoms with Crippen LogP contribution in [0.2, 0.25) is 0 Å². The van der Waals surface area contributed by atoms with Gasteiger partial charge in [0, 0.05) is 12.7 Å². The quantitative estimate of drug-likeness (QED) is 0.556. The molecule has 1 aliphatic rings. The summed E-state index contributed by atoms with van der Waals surface area (Å²) < 4.78 is 0.865. The van der Waals surface area contributed by atoms with E-state index in [0.29, 0.717) is 11.4 Å². The van der Waals surface area contributed by atoms with Gasteiger partial charge in [0.15, 0.2) is 0 Å². The number of hydrogen-bond acceptors (Lipinski definition) is 5. The Hall–Kier alpha value is -0.880. The van der Waals surface area contributed by atoms with Crippen LogP contribution in [0.5, 0.6) is 0 Å². The van der Waals surface area contributed by atoms with E-state index in [1.165, 1.54) is 25.7 Å². The molecule has 0 amide bonds. The van der Waals surface area contributed by atoms with Crippen molar-refractivity contribution in [1.82, 2.24) is 9.97 Å². The molecule has 1 fully saturated rings. The fourth-order valence-electron chi connectivity index (χ4n) is 2.05. The van der Waals surface area contributed by atoms with Crippen LogP contribution in [0.25, 0.3) is 0 Å². The molecule has 2 rings (SSSR count). The summed E-state index contributed by atoms with van der Waals surface area (Å²) in [6.45, 7) is 3.21. The van der Waals surface area contributed by atoms with Gasteiger partial charge in [-0.15, -0.1) is 0 Å². The Morgan fingerprint density at radius 1 is 1.53 bits per heavy atom. The van der Waals surface area contributed by atoms with Gasteiger partial charge in [-0.05, 0) is 40.6 Å². The predicted molar refractivity (Wildman–Crippen MR) is 72.6 cm³/mol. The zero-order chi connectivity index (χ0) is 12.3. The number of nitrogens with zero attached hydrogens (tertiary/aromatic N) is 2. The van der Waals surface area contributed by atoms with Crippen LogP contribution in [-0.2, 0) is 0 Å². The summed E-state index contributed by atoms with van der Waals surface area (Å²) in [6, 6.07) is 0. The minimum absolute atomic E-state index is 0.427. The van der Waals surface area contributed by atoms with Crippen molar-refractivity contribution in [3.05, 3.63) is 10.7 Å². The van der Waals surface area contributed by atoms with Crippen LogP contribution >= 0.6 is 15.9 Å². The fourth-order valence-corrected chi connectivity index (χ4v) is 2.39. The van der Waals surface area contributed by atoms with Gasteiger partial charge in [0.05, 0.1) is 4.47 Å². The van der Waals surface area contributed by atoms with Crippen molar-refractivity contribution in [1.29, 1.82) is 0 Å². The number of hydrazine groups is 1. The molecule has 17 heavy (non-hydrogen) atoms. The summed E-state index contributed by atoms with van der Waals surface area (Å²) in [6.07, 6.45) is 6.86. The largest absolute Gasteiger partial charge is 0.368 e. The van der Waals surface area contributed by atoms with Crippen molar-refractivity contribution in [2.45, 2.75) is 32.6 Å². The van der Waals surface area contributed by atoms with E-state index in [-0.39, 0.29) is 0 Å². The summed E-state index contributed by atoms with van der Waals surface area (Å²) in [5, 5.41) is 3.38. The lowest BCUT2D eigenvalue weighted by Gasteiger charge is -2.16. The van der Waals surface area contributed by atoms with E-state index in [9.17, 15) is 0 Å². The SMILES string of the molecule is CCCC1(CNc2nc(NN)ncc2Br)CC1. The molecule has 1 saturated carbocycles. The number of halogens is 1. The molecule has 0 radical (unpaired) electrons. The maximum atomic E-state index is 5.29. The van der Waals surface area contributed by atoms with E-state index in [1.807, 2.05) is 0 Å². The van der Waals surface area contributed by atoms with Crippen LogP contribution in [0.4, 0.5) is 11.8 Å². The molecule has 1 aromatic rings. The Morgan fingerprint density at radius 3 is 2.88 bits per heavy atom. The van der Waals surface area contributed by atoms with Gasteiger partial charge in [0.2, 0.25) is 5.95 Å². The third kappa shape index (κ3) is 3.07. The highest BCUT2D eigenvalue weighted by molar-refractivity contribution is 9.10. The molecule has 1 aliphatic carbocycles. The fraction of sp³-hybridized carbons (Fsp3) is 0.636. The monoisotopic (exact) mass is 299 g/mol. The van der Waals surface area contributed by atoms with Gasteiger partial charge in [-0.3, -0.25) is 5.43 Å². The summed E-state index contributed by atoms with van der Waals surface area (Å²) in [4.78, 5) is 8.30. The van der Waals surface area contributed by atoms with E-state index in [4.69, 9.17) is 5.84 Å². The molecule has 0 unspecified atom stereocenters. The second-order valence-electron chi connectivity index (χ2n) is 4.64. The second kappa shape index (κ2) is 5.18. The van der Waals surface area contributed by atoms with E-state index in [2.05, 4.69) is 43.6 Å². The molecule has 0 spiro atoms. The molecule has 0 saturated heterocycles. The van der Waals surface area contributed by atoms with Crippen molar-refractivity contribution in [2.24, 2.45) is 11.3 Å². The molecular weight excluding hydrogens is 282 g/mol. The molecule has 0 aliphatic heterocycles. The van der Waals surface area contributed by atoms with Gasteiger partial charge in [-0.1, -0.05) is 13.3 Å². The molecule has 0 aromatic carbocycles. The predicted octanol–water partition coefficient (Wildman–Crippen LogP) is 2.52. The Labute approximate surface area is 110 Å². The Kier molecular flexibility index (Phi) is 3.83. The maximum absolute atomic E-state index is 5.29. The number of nitrogens with one attached hydrogen (secondary N) is 2. The average Bonchev–Trinajstić information content (AvgIpc) is 3.09. The maximum Gasteiger partial charge on any atom is 0.239 e. The molecule has 6 heteroatoms. The lowest BCUT2D eigenvalue weighted by molar-refractivity contribution is 0.485. The molecule has 5 nitrogen and oxygen atoms in total. The first-order valence-electron chi connectivity index (χ1n) is 5.92. The standard InChI is InChI=1S/C11H18BrN5/c1-2-3-11(4-5-11)7-15-9-8(12)6-14-10(16-9)17-13/h6H,2-5,7,13H2,1H3,(H2,14,15,16,17). The Morgan fingerprint density at radius 2 is 2.29 bits per heavy atom. The van der Waals surface area contributed by atoms with Crippen molar-refractivity contribution >= 4 is 27.7 Å². The first kappa shape index (κ1) is 12.6. The zero-order valence-corrected chi connectivity index (χ0v) is 11.5. The van der Waals surface area contributed by atoms with Crippen molar-refractivity contribution < 1.29 is 0 Å². The summed E-state index contributed by atoms with van der Waals surface area (Å²) in [7, 11) is 0. The smallest absolute Gasteiger partial charge is 0.239 e. The number of nitrogen functional groups attached to an aromatic ring is 1. The molecular formula is C11H18BrN5. The van der Waals surface area contributed by atoms with E-state index in [0.717, 1.165) is 16.8 Å². The number of aromatic nitrogens is 2. The van der Waals surface area contributed by atoms with Gasteiger partial charge in [0.25, 0.3) is 0 Å². The van der Waals surface area contributed by atoms with E-state index < -0.39 is 0 Å². The van der Waals surface area contributed by atoms with E-state index >= 15 is 0 Å². The topological polar surface area (TPSA) is 75.9 Å². The molecule has 1 aromatic heterocycles. The minimum Gasteiger partial charge on any atom is -0.368 e. The van der Waals surface area contributed by atoms with Gasteiger partial charge in [0.1, 0.15) is 5.82 Å². The molecule has 1 heterocycles. The molecule has 4 N–H and O–H groups in total. The number of rotatable bonds is 6. The first-order valence-corrected chi connectivity index (χ1v) is 6.71. The van der Waals surface area contributed by atoms with Crippen molar-refractivity contribution in [3.63, 3.8) is 0 Å². The molecule has 0 atom stereocenters. The van der Waals surface area contributed by atoms with Gasteiger partial charge in [-0.2, -0.15) is 4.98 Å². The van der Waals surface area contributed by atoms with E-state index in [1.54, 1.807) is 6.20 Å². The Bertz CT molecular complexity index is 391. The van der Waals surface area contributed by atoms with Crippen molar-refractivity contribution in [2.75, 3.05) is 17.3 Å². The summed E-state index contributed by atoms with van der Waals surface area (Å²) in [5.41, 5.74) is 2.94. The van der Waals surface area contributed by atoms with Crippen LogP contribution < -0.4 is 16.6 Å². The molecule has 0 bridgehead atoms. The Balaban J connectivity index is 1.98. The zero-order valence-electron chi connectivity index (χ0n) is 9.96. The van der Waals surface area contributed by atoms with Gasteiger partial charge >= 0.3 is 0 Å². The second-order valence-corrected chi connectivity index (χ2v) is 5.49. The normalized spacial score (nSPS) is 16.6. The highest BCUT2D eigenvalue weighted by Gasteiger charge is 2.41. The van der Waals surface area contributed by atoms with Crippen LogP contribution in [0.15, 0.2) is 10.7 Å². The first-order chi connectivity index (χ1) is 8.19. The van der Waals surface area contributed by atoms with Gasteiger partial charge < -0.3 is 5.32 Å². The highest BCUT2D eigenvalue weighted by atomic mass is 79.9. The van der Waals surface area contributed by atoms with Gasteiger partial charge in [-0.25, -0.2) is 10.8 Å². The minimum atomic E-state index is 0.427. The highest BCUT2D eigenvalue weighted by Crippen LogP contribution is 2.49. The average molecular weight is 300 g/mol. The third-order valence-corrected chi connectivity index (χ3v) is 3.82.